The number of amides is 1. The predicted octanol–water partition coefficient (Wildman–Crippen LogP) is 2.96. The zero-order valence-electron chi connectivity index (χ0n) is 12.4. The molecule has 7 heteroatoms. The topological polar surface area (TPSA) is 79.2 Å². The van der Waals surface area contributed by atoms with E-state index in [0.717, 1.165) is 22.5 Å². The first-order chi connectivity index (χ1) is 11.1. The molecule has 6 nitrogen and oxygen atoms in total. The normalized spacial score (nSPS) is 10.7. The van der Waals surface area contributed by atoms with Crippen molar-refractivity contribution in [3.63, 3.8) is 0 Å². The van der Waals surface area contributed by atoms with E-state index in [1.54, 1.807) is 17.6 Å². The number of aryl methyl sites for hydroxylation is 1. The number of hydrogen-bond donors (Lipinski definition) is 3. The Morgan fingerprint density at radius 1 is 1.26 bits per heavy atom. The zero-order valence-corrected chi connectivity index (χ0v) is 13.1. The third kappa shape index (κ3) is 3.13. The summed E-state index contributed by atoms with van der Waals surface area (Å²) in [4.78, 5) is 15.8. The number of nitrogens with zero attached hydrogens (tertiary/aromatic N) is 2. The summed E-state index contributed by atoms with van der Waals surface area (Å²) in [6.07, 6.45) is 0. The maximum Gasteiger partial charge on any atom is 0.274 e. The fourth-order valence-electron chi connectivity index (χ4n) is 2.35. The van der Waals surface area contributed by atoms with E-state index in [2.05, 4.69) is 10.3 Å². The van der Waals surface area contributed by atoms with Gasteiger partial charge in [0.1, 0.15) is 0 Å². The van der Waals surface area contributed by atoms with Gasteiger partial charge in [-0.1, -0.05) is 23.7 Å². The van der Waals surface area contributed by atoms with Crippen LogP contribution in [0, 0.1) is 0 Å². The minimum absolute atomic E-state index is 0.397. The number of nitrogens with one attached hydrogen (secondary N) is 2. The molecular formula is C16H15ClN4O2. The Balaban J connectivity index is 1.75. The summed E-state index contributed by atoms with van der Waals surface area (Å²) in [5.41, 5.74) is 4.82. The first-order valence-electron chi connectivity index (χ1n) is 6.97. The van der Waals surface area contributed by atoms with Gasteiger partial charge in [-0.3, -0.25) is 10.0 Å². The summed E-state index contributed by atoms with van der Waals surface area (Å²) in [6.45, 7) is 0.561. The molecule has 3 N–H and O–H groups in total. The second-order valence-corrected chi connectivity index (χ2v) is 5.56. The highest BCUT2D eigenvalue weighted by Gasteiger charge is 2.08. The molecule has 0 saturated heterocycles. The van der Waals surface area contributed by atoms with Gasteiger partial charge < -0.3 is 9.88 Å². The maximum absolute atomic E-state index is 11.3. The number of carbonyl (C=O) groups excluding carboxylic acids is 1. The van der Waals surface area contributed by atoms with Crippen LogP contribution in [-0.2, 0) is 13.6 Å². The standard InChI is InChI=1S/C16H15ClN4O2/c1-21-14-7-6-12(17)8-13(14)19-16(21)18-9-10-2-4-11(5-3-10)15(22)20-23/h2-8,23H,9H2,1H3,(H,18,19)(H,20,22). The SMILES string of the molecule is Cn1c(NCc2ccc(C(=O)NO)cc2)nc2cc(Cl)ccc21. The molecule has 2 aromatic carbocycles. The molecule has 1 amide bonds. The van der Waals surface area contributed by atoms with E-state index >= 15 is 0 Å². The highest BCUT2D eigenvalue weighted by Crippen LogP contribution is 2.22. The van der Waals surface area contributed by atoms with Crippen molar-refractivity contribution in [3.05, 3.63) is 58.6 Å². The summed E-state index contributed by atoms with van der Waals surface area (Å²) < 4.78 is 1.96. The van der Waals surface area contributed by atoms with Crippen LogP contribution >= 0.6 is 11.6 Å². The number of hydrogen-bond acceptors (Lipinski definition) is 4. The maximum atomic E-state index is 11.3. The summed E-state index contributed by atoms with van der Waals surface area (Å²) in [6, 6.07) is 12.5. The minimum atomic E-state index is -0.531. The molecule has 1 heterocycles. The third-order valence-corrected chi connectivity index (χ3v) is 3.85. The molecule has 0 atom stereocenters. The molecule has 0 aliphatic heterocycles. The van der Waals surface area contributed by atoms with Crippen molar-refractivity contribution in [2.75, 3.05) is 5.32 Å². The van der Waals surface area contributed by atoms with Crippen LogP contribution in [0.3, 0.4) is 0 Å². The van der Waals surface area contributed by atoms with Crippen LogP contribution < -0.4 is 10.8 Å². The van der Waals surface area contributed by atoms with Crippen LogP contribution in [0.25, 0.3) is 11.0 Å². The Kier molecular flexibility index (Phi) is 4.18. The van der Waals surface area contributed by atoms with E-state index in [4.69, 9.17) is 16.8 Å². The lowest BCUT2D eigenvalue weighted by atomic mass is 10.1. The molecule has 0 bridgehead atoms. The van der Waals surface area contributed by atoms with Gasteiger partial charge in [-0.25, -0.2) is 10.5 Å². The molecule has 0 spiro atoms. The number of benzene rings is 2. The van der Waals surface area contributed by atoms with E-state index in [0.29, 0.717) is 17.1 Å². The second kappa shape index (κ2) is 6.28. The summed E-state index contributed by atoms with van der Waals surface area (Å²) in [5.74, 6) is 0.205. The quantitative estimate of drug-likeness (QED) is 0.507. The van der Waals surface area contributed by atoms with E-state index in [1.165, 1.54) is 0 Å². The lowest BCUT2D eigenvalue weighted by molar-refractivity contribution is 0.0706. The van der Waals surface area contributed by atoms with E-state index < -0.39 is 5.91 Å². The van der Waals surface area contributed by atoms with Crippen LogP contribution in [0.15, 0.2) is 42.5 Å². The molecule has 3 rings (SSSR count). The van der Waals surface area contributed by atoms with E-state index in [9.17, 15) is 4.79 Å². The number of fused-ring (bicyclic) bond motifs is 1. The van der Waals surface area contributed by atoms with Gasteiger partial charge in [0.15, 0.2) is 0 Å². The largest absolute Gasteiger partial charge is 0.352 e. The van der Waals surface area contributed by atoms with Crippen molar-refractivity contribution in [2.24, 2.45) is 7.05 Å². The number of imidazole rings is 1. The molecular weight excluding hydrogens is 316 g/mol. The summed E-state index contributed by atoms with van der Waals surface area (Å²) in [5, 5.41) is 12.5. The smallest absolute Gasteiger partial charge is 0.274 e. The van der Waals surface area contributed by atoms with Crippen molar-refractivity contribution in [1.29, 1.82) is 0 Å². The van der Waals surface area contributed by atoms with Crippen LogP contribution in [0.5, 0.6) is 0 Å². The fraction of sp³-hybridized carbons (Fsp3) is 0.125. The van der Waals surface area contributed by atoms with E-state index in [-0.39, 0.29) is 0 Å². The number of rotatable bonds is 4. The Morgan fingerprint density at radius 2 is 2.00 bits per heavy atom. The molecule has 0 unspecified atom stereocenters. The van der Waals surface area contributed by atoms with E-state index in [1.807, 2.05) is 41.9 Å². The lowest BCUT2D eigenvalue weighted by Gasteiger charge is -2.07. The van der Waals surface area contributed by atoms with Crippen molar-refractivity contribution in [1.82, 2.24) is 15.0 Å². The number of carbonyl (C=O) groups is 1. The van der Waals surface area contributed by atoms with Crippen molar-refractivity contribution >= 4 is 34.5 Å². The zero-order chi connectivity index (χ0) is 16.4. The number of aromatic nitrogens is 2. The third-order valence-electron chi connectivity index (χ3n) is 3.61. The molecule has 0 saturated carbocycles. The highest BCUT2D eigenvalue weighted by molar-refractivity contribution is 6.31. The van der Waals surface area contributed by atoms with Gasteiger partial charge >= 0.3 is 0 Å². The fourth-order valence-corrected chi connectivity index (χ4v) is 2.52. The molecule has 1 aromatic heterocycles. The van der Waals surface area contributed by atoms with Crippen LogP contribution in [0.1, 0.15) is 15.9 Å². The molecule has 0 radical (unpaired) electrons. The predicted molar refractivity (Wildman–Crippen MR) is 88.7 cm³/mol. The average Bonchev–Trinajstić information content (AvgIpc) is 2.88. The molecule has 0 aliphatic rings. The van der Waals surface area contributed by atoms with Crippen molar-refractivity contribution < 1.29 is 10.0 Å². The van der Waals surface area contributed by atoms with Gasteiger partial charge in [-0.15, -0.1) is 0 Å². The Morgan fingerprint density at radius 3 is 2.70 bits per heavy atom. The monoisotopic (exact) mass is 330 g/mol. The Hall–Kier alpha value is -2.57. The number of anilines is 1. The molecule has 0 fully saturated rings. The average molecular weight is 331 g/mol. The molecule has 23 heavy (non-hydrogen) atoms. The Labute approximate surface area is 137 Å². The van der Waals surface area contributed by atoms with Gasteiger partial charge in [0.2, 0.25) is 5.95 Å². The minimum Gasteiger partial charge on any atom is -0.352 e. The highest BCUT2D eigenvalue weighted by atomic mass is 35.5. The number of hydroxylamine groups is 1. The van der Waals surface area contributed by atoms with Gasteiger partial charge in [-0.2, -0.15) is 0 Å². The second-order valence-electron chi connectivity index (χ2n) is 5.12. The van der Waals surface area contributed by atoms with Crippen LogP contribution in [0.4, 0.5) is 5.95 Å². The van der Waals surface area contributed by atoms with Gasteiger partial charge in [-0.05, 0) is 35.9 Å². The molecule has 0 aliphatic carbocycles. The van der Waals surface area contributed by atoms with Crippen LogP contribution in [-0.4, -0.2) is 20.7 Å². The number of halogens is 1. The van der Waals surface area contributed by atoms with Crippen LogP contribution in [0.2, 0.25) is 5.02 Å². The summed E-state index contributed by atoms with van der Waals surface area (Å²) >= 11 is 5.99. The lowest BCUT2D eigenvalue weighted by Crippen LogP contribution is -2.18. The molecule has 3 aromatic rings. The van der Waals surface area contributed by atoms with Gasteiger partial charge in [0.25, 0.3) is 5.91 Å². The van der Waals surface area contributed by atoms with Gasteiger partial charge in [0, 0.05) is 24.2 Å². The first kappa shape index (κ1) is 15.3. The molecule has 118 valence electrons. The Bertz CT molecular complexity index is 858. The first-order valence-corrected chi connectivity index (χ1v) is 7.35. The summed E-state index contributed by atoms with van der Waals surface area (Å²) in [7, 11) is 1.93. The van der Waals surface area contributed by atoms with Gasteiger partial charge in [0.05, 0.1) is 11.0 Å². The van der Waals surface area contributed by atoms with Crippen molar-refractivity contribution in [3.8, 4) is 0 Å². The van der Waals surface area contributed by atoms with Crippen molar-refractivity contribution in [2.45, 2.75) is 6.54 Å².